The van der Waals surface area contributed by atoms with Gasteiger partial charge in [0.25, 0.3) is 0 Å². The summed E-state index contributed by atoms with van der Waals surface area (Å²) in [7, 11) is 0. The van der Waals surface area contributed by atoms with E-state index in [4.69, 9.17) is 5.11 Å². The first-order chi connectivity index (χ1) is 7.95. The lowest BCUT2D eigenvalue weighted by atomic mass is 9.94. The summed E-state index contributed by atoms with van der Waals surface area (Å²) in [5, 5.41) is 8.92. The zero-order valence-corrected chi connectivity index (χ0v) is 10.5. The predicted octanol–water partition coefficient (Wildman–Crippen LogP) is 2.99. The largest absolute Gasteiger partial charge is 0.481 e. The van der Waals surface area contributed by atoms with Gasteiger partial charge in [0.05, 0.1) is 5.92 Å². The molecule has 0 radical (unpaired) electrons. The van der Waals surface area contributed by atoms with Gasteiger partial charge in [-0.05, 0) is 37.5 Å². The number of carboxylic acid groups (broad SMARTS) is 1. The Labute approximate surface area is 101 Å². The Morgan fingerprint density at radius 1 is 1.24 bits per heavy atom. The SMILES string of the molecule is CCC(CC(=O)c1ccc(C)c(C)c1)C(=O)O. The number of ketones is 1. The smallest absolute Gasteiger partial charge is 0.306 e. The van der Waals surface area contributed by atoms with Crippen LogP contribution in [0.25, 0.3) is 0 Å². The maximum atomic E-state index is 11.9. The van der Waals surface area contributed by atoms with E-state index in [9.17, 15) is 9.59 Å². The number of carboxylic acids is 1. The molecule has 0 amide bonds. The van der Waals surface area contributed by atoms with Crippen molar-refractivity contribution in [3.8, 4) is 0 Å². The summed E-state index contributed by atoms with van der Waals surface area (Å²) in [6.45, 7) is 5.71. The molecule has 1 atom stereocenters. The van der Waals surface area contributed by atoms with E-state index in [2.05, 4.69) is 0 Å². The highest BCUT2D eigenvalue weighted by atomic mass is 16.4. The molecule has 0 heterocycles. The average molecular weight is 234 g/mol. The fourth-order valence-electron chi connectivity index (χ4n) is 1.66. The molecular weight excluding hydrogens is 216 g/mol. The van der Waals surface area contributed by atoms with Crippen LogP contribution in [0.3, 0.4) is 0 Å². The molecule has 1 aromatic rings. The molecule has 92 valence electrons. The Bertz CT molecular complexity index is 435. The van der Waals surface area contributed by atoms with Crippen LogP contribution in [0.15, 0.2) is 18.2 Å². The molecule has 1 aromatic carbocycles. The Morgan fingerprint density at radius 3 is 2.35 bits per heavy atom. The number of aryl methyl sites for hydroxylation is 2. The van der Waals surface area contributed by atoms with Crippen molar-refractivity contribution in [2.45, 2.75) is 33.6 Å². The van der Waals surface area contributed by atoms with Gasteiger partial charge in [-0.1, -0.05) is 19.1 Å². The van der Waals surface area contributed by atoms with Crippen LogP contribution in [0.4, 0.5) is 0 Å². The maximum Gasteiger partial charge on any atom is 0.306 e. The maximum absolute atomic E-state index is 11.9. The fourth-order valence-corrected chi connectivity index (χ4v) is 1.66. The minimum atomic E-state index is -0.898. The van der Waals surface area contributed by atoms with E-state index < -0.39 is 11.9 Å². The number of carbonyl (C=O) groups is 2. The first-order valence-electron chi connectivity index (χ1n) is 5.79. The van der Waals surface area contributed by atoms with E-state index >= 15 is 0 Å². The van der Waals surface area contributed by atoms with Crippen molar-refractivity contribution in [3.63, 3.8) is 0 Å². The zero-order valence-electron chi connectivity index (χ0n) is 10.5. The normalized spacial score (nSPS) is 12.2. The fraction of sp³-hybridized carbons (Fsp3) is 0.429. The van der Waals surface area contributed by atoms with Crippen molar-refractivity contribution >= 4 is 11.8 Å². The van der Waals surface area contributed by atoms with Crippen LogP contribution in [0.2, 0.25) is 0 Å². The molecule has 1 N–H and O–H groups in total. The van der Waals surface area contributed by atoms with Gasteiger partial charge in [0, 0.05) is 12.0 Å². The molecule has 1 unspecified atom stereocenters. The molecule has 0 bridgehead atoms. The molecule has 3 nitrogen and oxygen atoms in total. The minimum absolute atomic E-state index is 0.0777. The molecule has 0 aromatic heterocycles. The molecule has 0 aliphatic carbocycles. The molecule has 3 heteroatoms. The van der Waals surface area contributed by atoms with Crippen LogP contribution < -0.4 is 0 Å². The van der Waals surface area contributed by atoms with Gasteiger partial charge in [-0.3, -0.25) is 9.59 Å². The van der Waals surface area contributed by atoms with E-state index in [1.165, 1.54) is 0 Å². The first-order valence-corrected chi connectivity index (χ1v) is 5.79. The second-order valence-corrected chi connectivity index (χ2v) is 4.37. The number of benzene rings is 1. The van der Waals surface area contributed by atoms with Gasteiger partial charge in [0.2, 0.25) is 0 Å². The quantitative estimate of drug-likeness (QED) is 0.797. The molecule has 0 saturated carbocycles. The van der Waals surface area contributed by atoms with Crippen molar-refractivity contribution in [2.24, 2.45) is 5.92 Å². The molecular formula is C14H18O3. The van der Waals surface area contributed by atoms with Crippen LogP contribution >= 0.6 is 0 Å². The molecule has 1 rings (SSSR count). The Kier molecular flexibility index (Phi) is 4.44. The standard InChI is InChI=1S/C14H18O3/c1-4-11(14(16)17)8-13(15)12-6-5-9(2)10(3)7-12/h5-7,11H,4,8H2,1-3H3,(H,16,17). The molecule has 0 saturated heterocycles. The lowest BCUT2D eigenvalue weighted by Gasteiger charge is -2.09. The van der Waals surface area contributed by atoms with Crippen LogP contribution in [0.5, 0.6) is 0 Å². The highest BCUT2D eigenvalue weighted by molar-refractivity contribution is 5.98. The van der Waals surface area contributed by atoms with E-state index in [-0.39, 0.29) is 12.2 Å². The van der Waals surface area contributed by atoms with Crippen molar-refractivity contribution in [1.82, 2.24) is 0 Å². The molecule has 0 aliphatic rings. The van der Waals surface area contributed by atoms with Crippen molar-refractivity contribution in [1.29, 1.82) is 0 Å². The van der Waals surface area contributed by atoms with Crippen molar-refractivity contribution < 1.29 is 14.7 Å². The summed E-state index contributed by atoms with van der Waals surface area (Å²) in [5.41, 5.74) is 2.79. The lowest BCUT2D eigenvalue weighted by molar-refractivity contribution is -0.141. The summed E-state index contributed by atoms with van der Waals surface area (Å²) >= 11 is 0. The highest BCUT2D eigenvalue weighted by Crippen LogP contribution is 2.16. The summed E-state index contributed by atoms with van der Waals surface area (Å²) in [5.74, 6) is -1.57. The third-order valence-electron chi connectivity index (χ3n) is 3.10. The van der Waals surface area contributed by atoms with Gasteiger partial charge >= 0.3 is 5.97 Å². The van der Waals surface area contributed by atoms with Gasteiger partial charge in [-0.15, -0.1) is 0 Å². The van der Waals surface area contributed by atoms with Crippen molar-refractivity contribution in [2.75, 3.05) is 0 Å². The first kappa shape index (κ1) is 13.4. The van der Waals surface area contributed by atoms with E-state index in [1.54, 1.807) is 13.0 Å². The van der Waals surface area contributed by atoms with Crippen LogP contribution in [-0.4, -0.2) is 16.9 Å². The second-order valence-electron chi connectivity index (χ2n) is 4.37. The minimum Gasteiger partial charge on any atom is -0.481 e. The lowest BCUT2D eigenvalue weighted by Crippen LogP contribution is -2.17. The average Bonchev–Trinajstić information content (AvgIpc) is 2.28. The summed E-state index contributed by atoms with van der Waals surface area (Å²) < 4.78 is 0. The topological polar surface area (TPSA) is 54.4 Å². The molecule has 0 aliphatic heterocycles. The predicted molar refractivity (Wildman–Crippen MR) is 66.3 cm³/mol. The van der Waals surface area contributed by atoms with Gasteiger partial charge in [-0.2, -0.15) is 0 Å². The number of aliphatic carboxylic acids is 1. The third-order valence-corrected chi connectivity index (χ3v) is 3.10. The summed E-state index contributed by atoms with van der Waals surface area (Å²) in [4.78, 5) is 22.8. The van der Waals surface area contributed by atoms with Gasteiger partial charge in [-0.25, -0.2) is 0 Å². The second kappa shape index (κ2) is 5.62. The van der Waals surface area contributed by atoms with E-state index in [0.717, 1.165) is 11.1 Å². The van der Waals surface area contributed by atoms with Crippen LogP contribution in [0, 0.1) is 19.8 Å². The number of hydrogen-bond donors (Lipinski definition) is 1. The monoisotopic (exact) mass is 234 g/mol. The number of Topliss-reactive ketones (excluding diaryl/α,β-unsaturated/α-hetero) is 1. The van der Waals surface area contributed by atoms with Gasteiger partial charge in [0.15, 0.2) is 5.78 Å². The van der Waals surface area contributed by atoms with Crippen LogP contribution in [-0.2, 0) is 4.79 Å². The summed E-state index contributed by atoms with van der Waals surface area (Å²) in [6, 6.07) is 5.48. The Morgan fingerprint density at radius 2 is 1.88 bits per heavy atom. The summed E-state index contributed by atoms with van der Waals surface area (Å²) in [6.07, 6.45) is 0.556. The Hall–Kier alpha value is -1.64. The molecule has 0 fully saturated rings. The Balaban J connectivity index is 2.82. The molecule has 17 heavy (non-hydrogen) atoms. The van der Waals surface area contributed by atoms with E-state index in [1.807, 2.05) is 26.0 Å². The number of hydrogen-bond acceptors (Lipinski definition) is 2. The highest BCUT2D eigenvalue weighted by Gasteiger charge is 2.20. The van der Waals surface area contributed by atoms with E-state index in [0.29, 0.717) is 12.0 Å². The van der Waals surface area contributed by atoms with Gasteiger partial charge < -0.3 is 5.11 Å². The van der Waals surface area contributed by atoms with Crippen LogP contribution in [0.1, 0.15) is 41.3 Å². The number of rotatable bonds is 5. The number of carbonyl (C=O) groups excluding carboxylic acids is 1. The van der Waals surface area contributed by atoms with Crippen molar-refractivity contribution in [3.05, 3.63) is 34.9 Å². The molecule has 0 spiro atoms. The third kappa shape index (κ3) is 3.41. The zero-order chi connectivity index (χ0) is 13.0. The van der Waals surface area contributed by atoms with Gasteiger partial charge in [0.1, 0.15) is 0 Å².